The van der Waals surface area contributed by atoms with Crippen LogP contribution in [-0.4, -0.2) is 45.2 Å². The summed E-state index contributed by atoms with van der Waals surface area (Å²) in [6, 6.07) is 0.299. The van der Waals surface area contributed by atoms with Crippen molar-refractivity contribution in [2.24, 2.45) is 5.92 Å². The Balaban J connectivity index is 2.01. The zero-order valence-electron chi connectivity index (χ0n) is 10.1. The first-order valence-corrected chi connectivity index (χ1v) is 5.94. The van der Waals surface area contributed by atoms with E-state index in [1.165, 1.54) is 0 Å². The van der Waals surface area contributed by atoms with Crippen LogP contribution in [0.5, 0.6) is 0 Å². The standard InChI is InChI=1S/C11H20F3NO2/c1-9(10-2-5-16-6-3-10)15-4-7-17-8-11(12,13)14/h9-10,15H,2-8H2,1H3. The Labute approximate surface area is 99.7 Å². The van der Waals surface area contributed by atoms with Gasteiger partial charge in [0.25, 0.3) is 0 Å². The van der Waals surface area contributed by atoms with Crippen molar-refractivity contribution < 1.29 is 22.6 Å². The van der Waals surface area contributed by atoms with Gasteiger partial charge in [0, 0.05) is 25.8 Å². The zero-order valence-corrected chi connectivity index (χ0v) is 10.1. The van der Waals surface area contributed by atoms with Gasteiger partial charge in [0.2, 0.25) is 0 Å². The van der Waals surface area contributed by atoms with Crippen LogP contribution >= 0.6 is 0 Å². The van der Waals surface area contributed by atoms with Crippen molar-refractivity contribution in [1.29, 1.82) is 0 Å². The van der Waals surface area contributed by atoms with Crippen LogP contribution in [0.1, 0.15) is 19.8 Å². The molecule has 1 aliphatic heterocycles. The Hall–Kier alpha value is -0.330. The average Bonchev–Trinajstić information content (AvgIpc) is 2.28. The first kappa shape index (κ1) is 14.7. The summed E-state index contributed by atoms with van der Waals surface area (Å²) in [4.78, 5) is 0. The second kappa shape index (κ2) is 7.18. The summed E-state index contributed by atoms with van der Waals surface area (Å²) >= 11 is 0. The van der Waals surface area contributed by atoms with Crippen molar-refractivity contribution >= 4 is 0 Å². The maximum absolute atomic E-state index is 11.8. The average molecular weight is 255 g/mol. The summed E-state index contributed by atoms with van der Waals surface area (Å²) in [5, 5.41) is 3.19. The molecule has 1 N–H and O–H groups in total. The summed E-state index contributed by atoms with van der Waals surface area (Å²) < 4.78 is 45.1. The maximum atomic E-state index is 11.8. The van der Waals surface area contributed by atoms with Gasteiger partial charge in [-0.25, -0.2) is 0 Å². The summed E-state index contributed by atoms with van der Waals surface area (Å²) in [5.74, 6) is 0.548. The second-order valence-electron chi connectivity index (χ2n) is 4.36. The van der Waals surface area contributed by atoms with Crippen molar-refractivity contribution in [3.05, 3.63) is 0 Å². The second-order valence-corrected chi connectivity index (χ2v) is 4.36. The third-order valence-corrected chi connectivity index (χ3v) is 2.95. The molecule has 0 aromatic heterocycles. The zero-order chi connectivity index (χ0) is 12.7. The first-order valence-electron chi connectivity index (χ1n) is 5.94. The van der Waals surface area contributed by atoms with Gasteiger partial charge in [-0.2, -0.15) is 13.2 Å². The minimum absolute atomic E-state index is 0.0903. The number of hydrogen-bond donors (Lipinski definition) is 1. The number of rotatable bonds is 6. The van der Waals surface area contributed by atoms with Gasteiger partial charge in [-0.05, 0) is 25.7 Å². The molecule has 0 radical (unpaired) electrons. The van der Waals surface area contributed by atoms with E-state index in [0.29, 0.717) is 18.5 Å². The van der Waals surface area contributed by atoms with Crippen LogP contribution in [0.25, 0.3) is 0 Å². The van der Waals surface area contributed by atoms with Crippen molar-refractivity contribution in [2.45, 2.75) is 32.0 Å². The first-order chi connectivity index (χ1) is 7.99. The van der Waals surface area contributed by atoms with Gasteiger partial charge in [0.05, 0.1) is 6.61 Å². The topological polar surface area (TPSA) is 30.5 Å². The summed E-state index contributed by atoms with van der Waals surface area (Å²) in [5.41, 5.74) is 0. The minimum Gasteiger partial charge on any atom is -0.381 e. The third kappa shape index (κ3) is 6.85. The largest absolute Gasteiger partial charge is 0.411 e. The molecule has 17 heavy (non-hydrogen) atoms. The lowest BCUT2D eigenvalue weighted by Crippen LogP contribution is -2.38. The van der Waals surface area contributed by atoms with E-state index in [0.717, 1.165) is 26.1 Å². The minimum atomic E-state index is -4.23. The number of nitrogens with one attached hydrogen (secondary N) is 1. The highest BCUT2D eigenvalue weighted by atomic mass is 19.4. The fraction of sp³-hybridized carbons (Fsp3) is 1.00. The smallest absolute Gasteiger partial charge is 0.381 e. The molecule has 1 aliphatic rings. The Morgan fingerprint density at radius 3 is 2.59 bits per heavy atom. The predicted octanol–water partition coefficient (Wildman–Crippen LogP) is 1.97. The lowest BCUT2D eigenvalue weighted by molar-refractivity contribution is -0.173. The molecule has 1 saturated heterocycles. The van der Waals surface area contributed by atoms with Crippen molar-refractivity contribution in [3.8, 4) is 0 Å². The number of alkyl halides is 3. The SMILES string of the molecule is CC(NCCOCC(F)(F)F)C1CCOCC1. The van der Waals surface area contributed by atoms with Crippen LogP contribution in [0.15, 0.2) is 0 Å². The molecule has 1 heterocycles. The van der Waals surface area contributed by atoms with Gasteiger partial charge in [0.1, 0.15) is 6.61 Å². The molecule has 0 spiro atoms. The molecular formula is C11H20F3NO2. The summed E-state index contributed by atoms with van der Waals surface area (Å²) in [6.45, 7) is 2.99. The van der Waals surface area contributed by atoms with E-state index in [1.807, 2.05) is 0 Å². The lowest BCUT2D eigenvalue weighted by Gasteiger charge is -2.28. The Bertz CT molecular complexity index is 205. The molecule has 1 rings (SSSR count). The molecule has 1 atom stereocenters. The Morgan fingerprint density at radius 2 is 2.00 bits per heavy atom. The third-order valence-electron chi connectivity index (χ3n) is 2.95. The van der Waals surface area contributed by atoms with Gasteiger partial charge in [-0.1, -0.05) is 0 Å². The van der Waals surface area contributed by atoms with E-state index in [4.69, 9.17) is 4.74 Å². The quantitative estimate of drug-likeness (QED) is 0.736. The van der Waals surface area contributed by atoms with Gasteiger partial charge in [-0.15, -0.1) is 0 Å². The molecule has 102 valence electrons. The van der Waals surface area contributed by atoms with Crippen LogP contribution in [-0.2, 0) is 9.47 Å². The molecule has 1 fully saturated rings. The molecule has 1 unspecified atom stereocenters. The highest BCUT2D eigenvalue weighted by Gasteiger charge is 2.27. The molecule has 0 aromatic carbocycles. The highest BCUT2D eigenvalue weighted by Crippen LogP contribution is 2.18. The molecule has 6 heteroatoms. The van der Waals surface area contributed by atoms with Gasteiger partial charge in [0.15, 0.2) is 0 Å². The van der Waals surface area contributed by atoms with Gasteiger partial charge < -0.3 is 14.8 Å². The fourth-order valence-corrected chi connectivity index (χ4v) is 1.93. The van der Waals surface area contributed by atoms with Crippen LogP contribution < -0.4 is 5.32 Å². The van der Waals surface area contributed by atoms with E-state index in [1.54, 1.807) is 0 Å². The van der Waals surface area contributed by atoms with Crippen LogP contribution in [0, 0.1) is 5.92 Å². The molecule has 0 bridgehead atoms. The van der Waals surface area contributed by atoms with Gasteiger partial charge in [-0.3, -0.25) is 0 Å². The van der Waals surface area contributed by atoms with E-state index < -0.39 is 12.8 Å². The van der Waals surface area contributed by atoms with Crippen molar-refractivity contribution in [2.75, 3.05) is 33.0 Å². The highest BCUT2D eigenvalue weighted by molar-refractivity contribution is 4.74. The van der Waals surface area contributed by atoms with Crippen molar-refractivity contribution in [3.63, 3.8) is 0 Å². The summed E-state index contributed by atoms with van der Waals surface area (Å²) in [7, 11) is 0. The van der Waals surface area contributed by atoms with E-state index in [2.05, 4.69) is 17.0 Å². The number of halogens is 3. The Morgan fingerprint density at radius 1 is 1.35 bits per heavy atom. The van der Waals surface area contributed by atoms with E-state index >= 15 is 0 Å². The van der Waals surface area contributed by atoms with Crippen LogP contribution in [0.2, 0.25) is 0 Å². The molecule has 0 saturated carbocycles. The predicted molar refractivity (Wildman–Crippen MR) is 57.9 cm³/mol. The van der Waals surface area contributed by atoms with Gasteiger partial charge >= 0.3 is 6.18 Å². The van der Waals surface area contributed by atoms with Crippen LogP contribution in [0.4, 0.5) is 13.2 Å². The number of ether oxygens (including phenoxy) is 2. The van der Waals surface area contributed by atoms with E-state index in [9.17, 15) is 13.2 Å². The van der Waals surface area contributed by atoms with E-state index in [-0.39, 0.29) is 6.61 Å². The monoisotopic (exact) mass is 255 g/mol. The molecule has 3 nitrogen and oxygen atoms in total. The number of hydrogen-bond acceptors (Lipinski definition) is 3. The fourth-order valence-electron chi connectivity index (χ4n) is 1.93. The Kier molecular flexibility index (Phi) is 6.22. The van der Waals surface area contributed by atoms with Crippen molar-refractivity contribution in [1.82, 2.24) is 5.32 Å². The summed E-state index contributed by atoms with van der Waals surface area (Å²) in [6.07, 6.45) is -2.21. The maximum Gasteiger partial charge on any atom is 0.411 e. The molecular weight excluding hydrogens is 235 g/mol. The lowest BCUT2D eigenvalue weighted by atomic mass is 9.93. The molecule has 0 aliphatic carbocycles. The normalized spacial score (nSPS) is 20.5. The molecule has 0 amide bonds. The van der Waals surface area contributed by atoms with Crippen LogP contribution in [0.3, 0.4) is 0 Å². The molecule has 0 aromatic rings.